The summed E-state index contributed by atoms with van der Waals surface area (Å²) in [5.74, 6) is 0. The second-order valence-corrected chi connectivity index (χ2v) is 3.27. The van der Waals surface area contributed by atoms with Crippen molar-refractivity contribution in [1.82, 2.24) is 0 Å². The molecular weight excluding hydrogens is 223 g/mol. The zero-order valence-corrected chi connectivity index (χ0v) is 9.67. The van der Waals surface area contributed by atoms with Gasteiger partial charge in [-0.3, -0.25) is 0 Å². The molecule has 0 heterocycles. The second kappa shape index (κ2) is 5.90. The highest BCUT2D eigenvalue weighted by molar-refractivity contribution is 7.98. The fraction of sp³-hybridized carbons (Fsp3) is 0.400. The molecule has 5 heteroatoms. The summed E-state index contributed by atoms with van der Waals surface area (Å²) in [6.07, 6.45) is -2.78. The Morgan fingerprint density at radius 3 is 2.07 bits per heavy atom. The summed E-state index contributed by atoms with van der Waals surface area (Å²) in [5.41, 5.74) is 4.29. The maximum atomic E-state index is 12.4. The summed E-state index contributed by atoms with van der Waals surface area (Å²) >= 11 is 1.04. The Kier molecular flexibility index (Phi) is 5.57. The Balaban J connectivity index is 0.000000921. The first-order valence-corrected chi connectivity index (χ1v) is 5.69. The molecule has 0 unspecified atom stereocenters. The normalized spacial score (nSPS) is 10.5. The van der Waals surface area contributed by atoms with Crippen LogP contribution in [0.3, 0.4) is 0 Å². The van der Waals surface area contributed by atoms with Gasteiger partial charge in [-0.25, -0.2) is 0 Å². The summed E-state index contributed by atoms with van der Waals surface area (Å²) in [4.78, 5) is 0.160. The van der Waals surface area contributed by atoms with Crippen LogP contribution < -0.4 is 5.73 Å². The molecule has 86 valence electrons. The second-order valence-electron chi connectivity index (χ2n) is 2.42. The molecule has 0 amide bonds. The van der Waals surface area contributed by atoms with Crippen LogP contribution >= 0.6 is 11.8 Å². The molecule has 0 aliphatic rings. The van der Waals surface area contributed by atoms with Gasteiger partial charge in [-0.05, 0) is 18.4 Å². The number of hydrogen-bond donors (Lipinski definition) is 1. The fourth-order valence-electron chi connectivity index (χ4n) is 1.02. The van der Waals surface area contributed by atoms with E-state index in [1.54, 1.807) is 6.26 Å². The molecule has 1 aromatic rings. The van der Waals surface area contributed by atoms with E-state index >= 15 is 0 Å². The lowest BCUT2D eigenvalue weighted by Crippen LogP contribution is -2.10. The molecule has 0 saturated heterocycles. The highest BCUT2D eigenvalue weighted by atomic mass is 32.2. The summed E-state index contributed by atoms with van der Waals surface area (Å²) in [6, 6.07) is 4.17. The SMILES string of the molecule is CC.CSc1cccc(N)c1C(F)(F)F. The van der Waals surface area contributed by atoms with Gasteiger partial charge in [0.25, 0.3) is 0 Å². The molecule has 1 rings (SSSR count). The van der Waals surface area contributed by atoms with Gasteiger partial charge in [0.2, 0.25) is 0 Å². The van der Waals surface area contributed by atoms with Crippen molar-refractivity contribution in [2.24, 2.45) is 0 Å². The quantitative estimate of drug-likeness (QED) is 0.589. The third-order valence-corrected chi connectivity index (χ3v) is 2.34. The summed E-state index contributed by atoms with van der Waals surface area (Å²) in [7, 11) is 0. The molecule has 0 atom stereocenters. The Labute approximate surface area is 91.9 Å². The lowest BCUT2D eigenvalue weighted by molar-refractivity contribution is -0.139. The maximum absolute atomic E-state index is 12.4. The van der Waals surface area contributed by atoms with Gasteiger partial charge in [0.1, 0.15) is 0 Å². The van der Waals surface area contributed by atoms with Gasteiger partial charge < -0.3 is 5.73 Å². The molecule has 0 radical (unpaired) electrons. The van der Waals surface area contributed by atoms with Crippen LogP contribution in [0, 0.1) is 0 Å². The van der Waals surface area contributed by atoms with Crippen LogP contribution in [-0.2, 0) is 6.18 Å². The minimum atomic E-state index is -4.37. The van der Waals surface area contributed by atoms with Gasteiger partial charge in [0.05, 0.1) is 5.56 Å². The van der Waals surface area contributed by atoms with Gasteiger partial charge >= 0.3 is 6.18 Å². The van der Waals surface area contributed by atoms with E-state index in [2.05, 4.69) is 0 Å². The van der Waals surface area contributed by atoms with Gasteiger partial charge in [-0.15, -0.1) is 11.8 Å². The van der Waals surface area contributed by atoms with Crippen molar-refractivity contribution >= 4 is 17.4 Å². The van der Waals surface area contributed by atoms with Gasteiger partial charge in [0, 0.05) is 10.6 Å². The monoisotopic (exact) mass is 237 g/mol. The van der Waals surface area contributed by atoms with Crippen LogP contribution in [0.1, 0.15) is 19.4 Å². The number of nitrogen functional groups attached to an aromatic ring is 1. The van der Waals surface area contributed by atoms with E-state index in [9.17, 15) is 13.2 Å². The van der Waals surface area contributed by atoms with E-state index < -0.39 is 11.7 Å². The number of nitrogens with two attached hydrogens (primary N) is 1. The zero-order chi connectivity index (χ0) is 12.1. The topological polar surface area (TPSA) is 26.0 Å². The smallest absolute Gasteiger partial charge is 0.398 e. The number of alkyl halides is 3. The van der Waals surface area contributed by atoms with Crippen LogP contribution in [0.25, 0.3) is 0 Å². The lowest BCUT2D eigenvalue weighted by atomic mass is 10.2. The van der Waals surface area contributed by atoms with Crippen molar-refractivity contribution in [3.8, 4) is 0 Å². The molecule has 2 N–H and O–H groups in total. The first kappa shape index (κ1) is 14.2. The summed E-state index contributed by atoms with van der Waals surface area (Å²) in [6.45, 7) is 4.00. The van der Waals surface area contributed by atoms with Gasteiger partial charge in [0.15, 0.2) is 0 Å². The Morgan fingerprint density at radius 1 is 1.20 bits per heavy atom. The van der Waals surface area contributed by atoms with Crippen molar-refractivity contribution in [2.75, 3.05) is 12.0 Å². The molecule has 15 heavy (non-hydrogen) atoms. The molecule has 0 aliphatic carbocycles. The summed E-state index contributed by atoms with van der Waals surface area (Å²) in [5, 5.41) is 0. The minimum absolute atomic E-state index is 0.160. The summed E-state index contributed by atoms with van der Waals surface area (Å²) < 4.78 is 37.2. The number of rotatable bonds is 1. The van der Waals surface area contributed by atoms with Crippen LogP contribution in [0.4, 0.5) is 18.9 Å². The van der Waals surface area contributed by atoms with E-state index in [1.807, 2.05) is 13.8 Å². The standard InChI is InChI=1S/C8H8F3NS.C2H6/c1-13-6-4-2-3-5(12)7(6)8(9,10)11;1-2/h2-4H,12H2,1H3;1-2H3. The minimum Gasteiger partial charge on any atom is -0.398 e. The zero-order valence-electron chi connectivity index (χ0n) is 8.85. The van der Waals surface area contributed by atoms with E-state index in [-0.39, 0.29) is 10.6 Å². The number of halogens is 3. The van der Waals surface area contributed by atoms with Gasteiger partial charge in [-0.2, -0.15) is 13.2 Å². The maximum Gasteiger partial charge on any atom is 0.419 e. The van der Waals surface area contributed by atoms with E-state index in [4.69, 9.17) is 5.73 Å². The average molecular weight is 237 g/mol. The molecule has 0 aliphatic heterocycles. The third-order valence-electron chi connectivity index (χ3n) is 1.56. The largest absolute Gasteiger partial charge is 0.419 e. The van der Waals surface area contributed by atoms with Crippen molar-refractivity contribution in [1.29, 1.82) is 0 Å². The lowest BCUT2D eigenvalue weighted by Gasteiger charge is -2.13. The molecule has 0 bridgehead atoms. The predicted octanol–water partition coefficient (Wildman–Crippen LogP) is 4.04. The van der Waals surface area contributed by atoms with Crippen LogP contribution in [-0.4, -0.2) is 6.26 Å². The molecule has 0 saturated carbocycles. The van der Waals surface area contributed by atoms with Gasteiger partial charge in [-0.1, -0.05) is 19.9 Å². The van der Waals surface area contributed by atoms with Crippen molar-refractivity contribution in [3.63, 3.8) is 0 Å². The molecular formula is C10H14F3NS. The number of thioether (sulfide) groups is 1. The fourth-order valence-corrected chi connectivity index (χ4v) is 1.67. The number of anilines is 1. The van der Waals surface area contributed by atoms with Crippen molar-refractivity contribution in [3.05, 3.63) is 23.8 Å². The third kappa shape index (κ3) is 3.66. The Hall–Kier alpha value is -0.840. The Morgan fingerprint density at radius 2 is 1.73 bits per heavy atom. The van der Waals surface area contributed by atoms with Crippen LogP contribution in [0.5, 0.6) is 0 Å². The first-order chi connectivity index (χ1) is 6.96. The van der Waals surface area contributed by atoms with Crippen LogP contribution in [0.2, 0.25) is 0 Å². The van der Waals surface area contributed by atoms with Crippen molar-refractivity contribution < 1.29 is 13.2 Å². The molecule has 0 spiro atoms. The Bertz CT molecular complexity index is 310. The van der Waals surface area contributed by atoms with E-state index in [1.165, 1.54) is 18.2 Å². The highest BCUT2D eigenvalue weighted by Crippen LogP contribution is 2.39. The predicted molar refractivity (Wildman–Crippen MR) is 59.0 cm³/mol. The van der Waals surface area contributed by atoms with E-state index in [0.29, 0.717) is 0 Å². The number of benzene rings is 1. The first-order valence-electron chi connectivity index (χ1n) is 4.46. The van der Waals surface area contributed by atoms with E-state index in [0.717, 1.165) is 11.8 Å². The molecule has 0 fully saturated rings. The van der Waals surface area contributed by atoms with Crippen LogP contribution in [0.15, 0.2) is 23.1 Å². The molecule has 1 nitrogen and oxygen atoms in total. The van der Waals surface area contributed by atoms with Crippen molar-refractivity contribution in [2.45, 2.75) is 24.9 Å². The molecule has 0 aromatic heterocycles. The highest BCUT2D eigenvalue weighted by Gasteiger charge is 2.35. The number of hydrogen-bond acceptors (Lipinski definition) is 2. The average Bonchev–Trinajstić information content (AvgIpc) is 2.18. The molecule has 1 aromatic carbocycles.